The molecule has 4 aromatic rings. The van der Waals surface area contributed by atoms with Gasteiger partial charge in [0.15, 0.2) is 5.76 Å². The van der Waals surface area contributed by atoms with Crippen LogP contribution in [0.5, 0.6) is 11.5 Å². The van der Waals surface area contributed by atoms with Gasteiger partial charge >= 0.3 is 0 Å². The highest BCUT2D eigenvalue weighted by Gasteiger charge is 2.20. The Morgan fingerprint density at radius 2 is 1.65 bits per heavy atom. The molecule has 1 heterocycles. The predicted molar refractivity (Wildman–Crippen MR) is 134 cm³/mol. The maximum atomic E-state index is 13.1. The van der Waals surface area contributed by atoms with Crippen molar-refractivity contribution in [2.45, 2.75) is 6.42 Å². The highest BCUT2D eigenvalue weighted by Crippen LogP contribution is 2.25. The highest BCUT2D eigenvalue weighted by molar-refractivity contribution is 9.10. The lowest BCUT2D eigenvalue weighted by Crippen LogP contribution is -2.34. The van der Waals surface area contributed by atoms with Gasteiger partial charge < -0.3 is 19.4 Å². The monoisotopic (exact) mass is 518 g/mol. The molecule has 4 rings (SSSR count). The van der Waals surface area contributed by atoms with E-state index in [0.717, 1.165) is 10.2 Å². The molecule has 6 nitrogen and oxygen atoms in total. The minimum atomic E-state index is -0.250. The second-order valence-corrected chi connectivity index (χ2v) is 8.38. The number of hydrogen-bond acceptors (Lipinski definition) is 4. The molecule has 0 saturated heterocycles. The maximum absolute atomic E-state index is 13.1. The van der Waals surface area contributed by atoms with Crippen LogP contribution in [0, 0.1) is 0 Å². The van der Waals surface area contributed by atoms with E-state index in [0.29, 0.717) is 36.5 Å². The van der Waals surface area contributed by atoms with Crippen molar-refractivity contribution in [3.05, 3.63) is 113 Å². The molecule has 0 aliphatic rings. The number of nitrogens with one attached hydrogen (secondary N) is 1. The van der Waals surface area contributed by atoms with Gasteiger partial charge in [-0.05, 0) is 73.2 Å². The molecular formula is C27H23BrN2O4. The molecule has 172 valence electrons. The molecule has 0 aliphatic carbocycles. The molecule has 0 spiro atoms. The van der Waals surface area contributed by atoms with Crippen LogP contribution in [-0.2, 0) is 0 Å². The molecule has 0 radical (unpaired) electrons. The Balaban J connectivity index is 1.41. The number of para-hydroxylation sites is 1. The second kappa shape index (κ2) is 11.3. The zero-order valence-electron chi connectivity index (χ0n) is 18.3. The van der Waals surface area contributed by atoms with Crippen molar-refractivity contribution in [2.75, 3.05) is 18.0 Å². The number of nitrogens with zero attached hydrogens (tertiary/aromatic N) is 1. The van der Waals surface area contributed by atoms with E-state index in [9.17, 15) is 9.59 Å². The van der Waals surface area contributed by atoms with E-state index >= 15 is 0 Å². The second-order valence-electron chi connectivity index (χ2n) is 7.46. The fraction of sp³-hybridized carbons (Fsp3) is 0.111. The molecule has 2 amide bonds. The van der Waals surface area contributed by atoms with Crippen molar-refractivity contribution >= 4 is 33.4 Å². The summed E-state index contributed by atoms with van der Waals surface area (Å²) in [4.78, 5) is 27.1. The van der Waals surface area contributed by atoms with Crippen molar-refractivity contribution in [3.63, 3.8) is 0 Å². The van der Waals surface area contributed by atoms with Crippen molar-refractivity contribution in [1.82, 2.24) is 5.32 Å². The van der Waals surface area contributed by atoms with Crippen LogP contribution in [-0.4, -0.2) is 24.9 Å². The molecule has 0 atom stereocenters. The number of anilines is 1. The van der Waals surface area contributed by atoms with Crippen LogP contribution in [0.1, 0.15) is 27.3 Å². The lowest BCUT2D eigenvalue weighted by atomic mass is 10.2. The van der Waals surface area contributed by atoms with Gasteiger partial charge in [-0.3, -0.25) is 9.59 Å². The van der Waals surface area contributed by atoms with E-state index in [4.69, 9.17) is 9.15 Å². The molecule has 0 aliphatic heterocycles. The SMILES string of the molecule is O=C(NCCCN(C(=O)c1ccco1)c1ccc(Oc2ccccc2)cc1)c1cccc(Br)c1. The minimum absolute atomic E-state index is 0.160. The summed E-state index contributed by atoms with van der Waals surface area (Å²) in [5, 5.41) is 2.90. The van der Waals surface area contributed by atoms with Gasteiger partial charge in [0.2, 0.25) is 0 Å². The van der Waals surface area contributed by atoms with Crippen molar-refractivity contribution in [1.29, 1.82) is 0 Å². The summed E-state index contributed by atoms with van der Waals surface area (Å²) < 4.78 is 12.0. The average molecular weight is 519 g/mol. The van der Waals surface area contributed by atoms with E-state index in [2.05, 4.69) is 21.2 Å². The van der Waals surface area contributed by atoms with Crippen LogP contribution in [0.25, 0.3) is 0 Å². The summed E-state index contributed by atoms with van der Waals surface area (Å²) >= 11 is 3.37. The molecule has 3 aromatic carbocycles. The van der Waals surface area contributed by atoms with Crippen molar-refractivity contribution in [3.8, 4) is 11.5 Å². The number of hydrogen-bond donors (Lipinski definition) is 1. The van der Waals surface area contributed by atoms with Gasteiger partial charge in [0.25, 0.3) is 11.8 Å². The topological polar surface area (TPSA) is 71.8 Å². The number of halogens is 1. The zero-order valence-corrected chi connectivity index (χ0v) is 19.9. The lowest BCUT2D eigenvalue weighted by Gasteiger charge is -2.22. The molecule has 0 fully saturated rings. The van der Waals surface area contributed by atoms with Crippen LogP contribution >= 0.6 is 15.9 Å². The standard InChI is InChI=1S/C27H23BrN2O4/c28-21-8-4-7-20(19-21)26(31)29-16-6-17-30(27(32)25-11-5-18-33-25)22-12-14-24(15-13-22)34-23-9-2-1-3-10-23/h1-5,7-15,18-19H,6,16-17H2,(H,29,31). The van der Waals surface area contributed by atoms with E-state index in [1.807, 2.05) is 66.7 Å². The third-order valence-corrected chi connectivity index (χ3v) is 5.53. The van der Waals surface area contributed by atoms with Gasteiger partial charge in [0.1, 0.15) is 11.5 Å². The number of benzene rings is 3. The maximum Gasteiger partial charge on any atom is 0.293 e. The fourth-order valence-corrected chi connectivity index (χ4v) is 3.77. The van der Waals surface area contributed by atoms with E-state index in [1.165, 1.54) is 6.26 Å². The summed E-state index contributed by atoms with van der Waals surface area (Å²) in [7, 11) is 0. The highest BCUT2D eigenvalue weighted by atomic mass is 79.9. The first-order chi connectivity index (χ1) is 16.6. The summed E-state index contributed by atoms with van der Waals surface area (Å²) in [5.74, 6) is 1.25. The lowest BCUT2D eigenvalue weighted by molar-refractivity contribution is 0.0953. The number of carbonyl (C=O) groups is 2. The summed E-state index contributed by atoms with van der Waals surface area (Å²) in [6.07, 6.45) is 2.04. The van der Waals surface area contributed by atoms with Crippen LogP contribution < -0.4 is 15.0 Å². The van der Waals surface area contributed by atoms with Gasteiger partial charge in [-0.1, -0.05) is 40.2 Å². The smallest absolute Gasteiger partial charge is 0.293 e. The molecular weight excluding hydrogens is 496 g/mol. The van der Waals surface area contributed by atoms with Gasteiger partial charge in [-0.2, -0.15) is 0 Å². The Labute approximate surface area is 206 Å². The first-order valence-electron chi connectivity index (χ1n) is 10.8. The molecule has 1 N–H and O–H groups in total. The number of ether oxygens (including phenoxy) is 1. The number of rotatable bonds is 9. The number of carbonyl (C=O) groups excluding carboxylic acids is 2. The molecule has 34 heavy (non-hydrogen) atoms. The molecule has 0 saturated carbocycles. The molecule has 0 unspecified atom stereocenters. The number of furan rings is 1. The summed E-state index contributed by atoms with van der Waals surface area (Å²) in [6, 6.07) is 27.3. The van der Waals surface area contributed by atoms with Gasteiger partial charge in [-0.25, -0.2) is 0 Å². The van der Waals surface area contributed by atoms with Crippen LogP contribution in [0.3, 0.4) is 0 Å². The third-order valence-electron chi connectivity index (χ3n) is 5.04. The van der Waals surface area contributed by atoms with Gasteiger partial charge in [-0.15, -0.1) is 0 Å². The normalized spacial score (nSPS) is 10.5. The van der Waals surface area contributed by atoms with E-state index in [-0.39, 0.29) is 17.6 Å². The Bertz CT molecular complexity index is 1230. The first-order valence-corrected chi connectivity index (χ1v) is 11.6. The third kappa shape index (κ3) is 6.14. The molecule has 7 heteroatoms. The number of amides is 2. The van der Waals surface area contributed by atoms with Crippen LogP contribution in [0.15, 0.2) is 106 Å². The van der Waals surface area contributed by atoms with Gasteiger partial charge in [0.05, 0.1) is 6.26 Å². The van der Waals surface area contributed by atoms with Crippen LogP contribution in [0.2, 0.25) is 0 Å². The van der Waals surface area contributed by atoms with Crippen LogP contribution in [0.4, 0.5) is 5.69 Å². The van der Waals surface area contributed by atoms with E-state index < -0.39 is 0 Å². The Morgan fingerprint density at radius 3 is 2.35 bits per heavy atom. The summed E-state index contributed by atoms with van der Waals surface area (Å²) in [5.41, 5.74) is 1.28. The Hall–Kier alpha value is -3.84. The first kappa shape index (κ1) is 23.3. The van der Waals surface area contributed by atoms with Gasteiger partial charge in [0, 0.05) is 28.8 Å². The predicted octanol–water partition coefficient (Wildman–Crippen LogP) is 6.30. The molecule has 0 bridgehead atoms. The van der Waals surface area contributed by atoms with Crippen molar-refractivity contribution in [2.24, 2.45) is 0 Å². The largest absolute Gasteiger partial charge is 0.459 e. The quantitative estimate of drug-likeness (QED) is 0.264. The van der Waals surface area contributed by atoms with E-state index in [1.54, 1.807) is 29.2 Å². The molecule has 1 aromatic heterocycles. The van der Waals surface area contributed by atoms with Crippen molar-refractivity contribution < 1.29 is 18.7 Å². The Morgan fingerprint density at radius 1 is 0.882 bits per heavy atom. The zero-order chi connectivity index (χ0) is 23.8. The minimum Gasteiger partial charge on any atom is -0.459 e. The summed E-state index contributed by atoms with van der Waals surface area (Å²) in [6.45, 7) is 0.819. The fourth-order valence-electron chi connectivity index (χ4n) is 3.37. The average Bonchev–Trinajstić information content (AvgIpc) is 3.40. The Kier molecular flexibility index (Phi) is 7.78.